The molecule has 0 bridgehead atoms. The Balaban J connectivity index is 2.23. The summed E-state index contributed by atoms with van der Waals surface area (Å²) >= 11 is 11.9. The van der Waals surface area contributed by atoms with Crippen molar-refractivity contribution < 1.29 is 4.79 Å². The third-order valence-corrected chi connectivity index (χ3v) is 3.40. The second-order valence-electron chi connectivity index (χ2n) is 4.92. The van der Waals surface area contributed by atoms with Crippen LogP contribution < -0.4 is 5.32 Å². The number of benzene rings is 1. The largest absolute Gasteiger partial charge is 0.354 e. The smallest absolute Gasteiger partial charge is 0.221 e. The van der Waals surface area contributed by atoms with E-state index in [-0.39, 0.29) is 11.9 Å². The van der Waals surface area contributed by atoms with Gasteiger partial charge < -0.3 is 9.88 Å². The van der Waals surface area contributed by atoms with Gasteiger partial charge in [-0.1, -0.05) is 11.6 Å². The van der Waals surface area contributed by atoms with E-state index < -0.39 is 0 Å². The SMILES string of the molecule is CC(C)NC(=O)CCn1c(CCl)nc2ccc(Cl)cc21. The maximum atomic E-state index is 11.7. The molecule has 1 aromatic heterocycles. The maximum absolute atomic E-state index is 11.7. The lowest BCUT2D eigenvalue weighted by molar-refractivity contribution is -0.121. The molecule has 0 radical (unpaired) electrons. The summed E-state index contributed by atoms with van der Waals surface area (Å²) in [5.74, 6) is 1.07. The van der Waals surface area contributed by atoms with Crippen LogP contribution >= 0.6 is 23.2 Å². The van der Waals surface area contributed by atoms with Gasteiger partial charge in [0.2, 0.25) is 5.91 Å². The fourth-order valence-electron chi connectivity index (χ4n) is 2.10. The standard InChI is InChI=1S/C14H17Cl2N3O/c1-9(2)17-14(20)5-6-19-12-7-10(16)3-4-11(12)18-13(19)8-15/h3-4,7,9H,5-6,8H2,1-2H3,(H,17,20). The fourth-order valence-corrected chi connectivity index (χ4v) is 2.48. The van der Waals surface area contributed by atoms with Gasteiger partial charge in [0.05, 0.1) is 16.9 Å². The average molecular weight is 314 g/mol. The molecule has 0 spiro atoms. The second-order valence-corrected chi connectivity index (χ2v) is 5.62. The van der Waals surface area contributed by atoms with Gasteiger partial charge in [-0.3, -0.25) is 4.79 Å². The first-order valence-corrected chi connectivity index (χ1v) is 7.42. The van der Waals surface area contributed by atoms with Crippen LogP contribution in [-0.2, 0) is 17.2 Å². The van der Waals surface area contributed by atoms with Gasteiger partial charge >= 0.3 is 0 Å². The van der Waals surface area contributed by atoms with E-state index in [0.29, 0.717) is 23.9 Å². The van der Waals surface area contributed by atoms with E-state index in [4.69, 9.17) is 23.2 Å². The molecule has 1 amide bonds. The van der Waals surface area contributed by atoms with Gasteiger partial charge in [0, 0.05) is 24.0 Å². The zero-order valence-electron chi connectivity index (χ0n) is 11.5. The number of alkyl halides is 1. The number of imidazole rings is 1. The first-order chi connectivity index (χ1) is 9.51. The van der Waals surface area contributed by atoms with Crippen LogP contribution in [0.3, 0.4) is 0 Å². The predicted molar refractivity (Wildman–Crippen MR) is 82.2 cm³/mol. The van der Waals surface area contributed by atoms with E-state index in [2.05, 4.69) is 10.3 Å². The molecule has 1 heterocycles. The zero-order valence-corrected chi connectivity index (χ0v) is 13.0. The summed E-state index contributed by atoms with van der Waals surface area (Å²) in [7, 11) is 0. The van der Waals surface area contributed by atoms with Gasteiger partial charge in [-0.15, -0.1) is 11.6 Å². The summed E-state index contributed by atoms with van der Waals surface area (Å²) in [6, 6.07) is 5.65. The third-order valence-electron chi connectivity index (χ3n) is 2.92. The number of carbonyl (C=O) groups excluding carboxylic acids is 1. The van der Waals surface area contributed by atoms with E-state index in [1.807, 2.05) is 30.5 Å². The van der Waals surface area contributed by atoms with Crippen molar-refractivity contribution in [3.8, 4) is 0 Å². The van der Waals surface area contributed by atoms with Gasteiger partial charge in [0.1, 0.15) is 5.82 Å². The highest BCUT2D eigenvalue weighted by Crippen LogP contribution is 2.22. The Bertz CT molecular complexity index is 622. The number of fused-ring (bicyclic) bond motifs is 1. The van der Waals surface area contributed by atoms with Crippen molar-refractivity contribution in [2.75, 3.05) is 0 Å². The van der Waals surface area contributed by atoms with Gasteiger partial charge in [-0.25, -0.2) is 4.98 Å². The molecule has 0 saturated carbocycles. The predicted octanol–water partition coefficient (Wildman–Crippen LogP) is 3.34. The van der Waals surface area contributed by atoms with E-state index in [1.165, 1.54) is 0 Å². The zero-order chi connectivity index (χ0) is 14.7. The van der Waals surface area contributed by atoms with Crippen molar-refractivity contribution in [2.45, 2.75) is 38.7 Å². The molecule has 1 aromatic carbocycles. The molecule has 20 heavy (non-hydrogen) atoms. The Morgan fingerprint density at radius 3 is 2.85 bits per heavy atom. The van der Waals surface area contributed by atoms with E-state index in [1.54, 1.807) is 6.07 Å². The molecule has 2 rings (SSSR count). The summed E-state index contributed by atoms with van der Waals surface area (Å²) < 4.78 is 1.95. The topological polar surface area (TPSA) is 46.9 Å². The van der Waals surface area contributed by atoms with Gasteiger partial charge in [-0.2, -0.15) is 0 Å². The molecule has 0 aliphatic heterocycles. The Kier molecular flexibility index (Phi) is 4.89. The molecular formula is C14H17Cl2N3O. The Labute approximate surface area is 128 Å². The van der Waals surface area contributed by atoms with Crippen molar-refractivity contribution in [3.05, 3.63) is 29.0 Å². The Morgan fingerprint density at radius 2 is 2.20 bits per heavy atom. The normalized spacial score (nSPS) is 11.2. The van der Waals surface area contributed by atoms with Crippen molar-refractivity contribution in [1.29, 1.82) is 0 Å². The highest BCUT2D eigenvalue weighted by Gasteiger charge is 2.12. The van der Waals surface area contributed by atoms with Crippen LogP contribution in [0.4, 0.5) is 0 Å². The minimum atomic E-state index is 0.0180. The highest BCUT2D eigenvalue weighted by molar-refractivity contribution is 6.31. The summed E-state index contributed by atoms with van der Waals surface area (Å²) in [4.78, 5) is 16.2. The fraction of sp³-hybridized carbons (Fsp3) is 0.429. The summed E-state index contributed by atoms with van der Waals surface area (Å²) in [5.41, 5.74) is 1.75. The van der Waals surface area contributed by atoms with Crippen LogP contribution in [0.5, 0.6) is 0 Å². The first kappa shape index (κ1) is 15.1. The van der Waals surface area contributed by atoms with Crippen LogP contribution in [-0.4, -0.2) is 21.5 Å². The van der Waals surface area contributed by atoms with Crippen molar-refractivity contribution in [3.63, 3.8) is 0 Å². The van der Waals surface area contributed by atoms with Crippen LogP contribution in [0.1, 0.15) is 26.1 Å². The average Bonchev–Trinajstić information content (AvgIpc) is 2.72. The number of carbonyl (C=O) groups is 1. The van der Waals surface area contributed by atoms with Crippen LogP contribution in [0.15, 0.2) is 18.2 Å². The molecule has 0 fully saturated rings. The molecular weight excluding hydrogens is 297 g/mol. The first-order valence-electron chi connectivity index (χ1n) is 6.51. The lowest BCUT2D eigenvalue weighted by atomic mass is 10.3. The molecule has 0 aliphatic carbocycles. The molecule has 108 valence electrons. The van der Waals surface area contributed by atoms with Gasteiger partial charge in [0.25, 0.3) is 0 Å². The van der Waals surface area contributed by atoms with E-state index in [0.717, 1.165) is 16.9 Å². The number of aromatic nitrogens is 2. The quantitative estimate of drug-likeness (QED) is 0.860. The van der Waals surface area contributed by atoms with Gasteiger partial charge in [0.15, 0.2) is 0 Å². The van der Waals surface area contributed by atoms with Gasteiger partial charge in [-0.05, 0) is 32.0 Å². The van der Waals surface area contributed by atoms with E-state index in [9.17, 15) is 4.79 Å². The molecule has 1 N–H and O–H groups in total. The summed E-state index contributed by atoms with van der Waals surface area (Å²) in [5, 5.41) is 3.52. The number of hydrogen-bond donors (Lipinski definition) is 1. The number of hydrogen-bond acceptors (Lipinski definition) is 2. The molecule has 0 aliphatic rings. The number of rotatable bonds is 5. The number of nitrogens with zero attached hydrogens (tertiary/aromatic N) is 2. The Hall–Kier alpha value is -1.26. The van der Waals surface area contributed by atoms with Crippen molar-refractivity contribution >= 4 is 40.1 Å². The summed E-state index contributed by atoms with van der Waals surface area (Å²) in [6.07, 6.45) is 0.389. The van der Waals surface area contributed by atoms with Crippen molar-refractivity contribution in [1.82, 2.24) is 14.9 Å². The monoisotopic (exact) mass is 313 g/mol. The minimum absolute atomic E-state index is 0.0180. The van der Waals surface area contributed by atoms with Crippen LogP contribution in [0, 0.1) is 0 Å². The molecule has 6 heteroatoms. The van der Waals surface area contributed by atoms with Crippen LogP contribution in [0.2, 0.25) is 5.02 Å². The second kappa shape index (κ2) is 6.46. The number of aryl methyl sites for hydroxylation is 1. The molecule has 0 saturated heterocycles. The highest BCUT2D eigenvalue weighted by atomic mass is 35.5. The van der Waals surface area contributed by atoms with Crippen molar-refractivity contribution in [2.24, 2.45) is 0 Å². The Morgan fingerprint density at radius 1 is 1.45 bits per heavy atom. The maximum Gasteiger partial charge on any atom is 0.221 e. The number of amides is 1. The lowest BCUT2D eigenvalue weighted by Gasteiger charge is -2.10. The van der Waals surface area contributed by atoms with Crippen LogP contribution in [0.25, 0.3) is 11.0 Å². The van der Waals surface area contributed by atoms with E-state index >= 15 is 0 Å². The number of nitrogens with one attached hydrogen (secondary N) is 1. The molecule has 0 unspecified atom stereocenters. The molecule has 4 nitrogen and oxygen atoms in total. The summed E-state index contributed by atoms with van der Waals surface area (Å²) in [6.45, 7) is 4.42. The molecule has 2 aromatic rings. The minimum Gasteiger partial charge on any atom is -0.354 e. The third kappa shape index (κ3) is 3.44. The lowest BCUT2D eigenvalue weighted by Crippen LogP contribution is -2.30. The molecule has 0 atom stereocenters. The number of halogens is 2.